The van der Waals surface area contributed by atoms with Gasteiger partial charge < -0.3 is 10.3 Å². The van der Waals surface area contributed by atoms with E-state index in [0.29, 0.717) is 0 Å². The van der Waals surface area contributed by atoms with Gasteiger partial charge in [-0.1, -0.05) is 0 Å². The van der Waals surface area contributed by atoms with Crippen LogP contribution in [0.3, 0.4) is 0 Å². The fourth-order valence-corrected chi connectivity index (χ4v) is 1.76. The summed E-state index contributed by atoms with van der Waals surface area (Å²) in [6.07, 6.45) is 1.80. The topological polar surface area (TPSA) is 43.8 Å². The average molecular weight is 189 g/mol. The van der Waals surface area contributed by atoms with Crippen LogP contribution in [0, 0.1) is 0 Å². The number of nitrogen functional groups attached to an aromatic ring is 1. The third-order valence-corrected chi connectivity index (χ3v) is 2.26. The summed E-state index contributed by atoms with van der Waals surface area (Å²) >= 11 is 0. The summed E-state index contributed by atoms with van der Waals surface area (Å²) in [6.45, 7) is 6.37. The minimum Gasteiger partial charge on any atom is -0.385 e. The number of hydrogen-bond acceptors (Lipinski definition) is 2. The van der Waals surface area contributed by atoms with E-state index in [4.69, 9.17) is 5.73 Å². The molecule has 74 valence electrons. The molecule has 0 fully saturated rings. The Balaban J connectivity index is 2.81. The summed E-state index contributed by atoms with van der Waals surface area (Å²) in [5.41, 5.74) is 6.89. The first-order valence-electron chi connectivity index (χ1n) is 4.72. The van der Waals surface area contributed by atoms with Crippen molar-refractivity contribution in [2.45, 2.75) is 26.3 Å². The molecule has 0 aliphatic heterocycles. The fraction of sp³-hybridized carbons (Fsp3) is 0.364. The fourth-order valence-electron chi connectivity index (χ4n) is 1.76. The van der Waals surface area contributed by atoms with Crippen molar-refractivity contribution in [3.8, 4) is 0 Å². The van der Waals surface area contributed by atoms with Crippen molar-refractivity contribution >= 4 is 16.9 Å². The van der Waals surface area contributed by atoms with Crippen molar-refractivity contribution in [3.63, 3.8) is 0 Å². The molecule has 0 saturated carbocycles. The highest BCUT2D eigenvalue weighted by atomic mass is 15.1. The van der Waals surface area contributed by atoms with Gasteiger partial charge in [0.25, 0.3) is 0 Å². The molecule has 0 atom stereocenters. The second-order valence-electron chi connectivity index (χ2n) is 4.49. The lowest BCUT2D eigenvalue weighted by atomic mass is 10.1. The maximum Gasteiger partial charge on any atom is 0.141 e. The van der Waals surface area contributed by atoms with E-state index in [0.717, 1.165) is 16.9 Å². The van der Waals surface area contributed by atoms with Crippen LogP contribution in [0.5, 0.6) is 0 Å². The van der Waals surface area contributed by atoms with E-state index in [9.17, 15) is 0 Å². The quantitative estimate of drug-likeness (QED) is 0.691. The Labute approximate surface area is 83.6 Å². The van der Waals surface area contributed by atoms with Gasteiger partial charge in [0.05, 0.1) is 0 Å². The zero-order valence-electron chi connectivity index (χ0n) is 8.78. The Morgan fingerprint density at radius 1 is 1.36 bits per heavy atom. The molecule has 0 unspecified atom stereocenters. The van der Waals surface area contributed by atoms with E-state index in [1.54, 1.807) is 6.20 Å². The van der Waals surface area contributed by atoms with Crippen molar-refractivity contribution in [1.82, 2.24) is 9.55 Å². The number of anilines is 1. The first-order valence-corrected chi connectivity index (χ1v) is 4.72. The maximum atomic E-state index is 5.96. The van der Waals surface area contributed by atoms with Gasteiger partial charge in [0, 0.05) is 17.1 Å². The number of fused-ring (bicyclic) bond motifs is 1. The summed E-state index contributed by atoms with van der Waals surface area (Å²) in [5.74, 6) is 0.770. The highest BCUT2D eigenvalue weighted by molar-refractivity contribution is 5.81. The molecule has 2 aromatic rings. The highest BCUT2D eigenvalue weighted by Gasteiger charge is 2.18. The number of pyridine rings is 1. The molecule has 0 saturated heterocycles. The van der Waals surface area contributed by atoms with Crippen molar-refractivity contribution in [1.29, 1.82) is 0 Å². The van der Waals surface area contributed by atoms with Crippen LogP contribution in [-0.2, 0) is 5.54 Å². The van der Waals surface area contributed by atoms with Gasteiger partial charge in [0.2, 0.25) is 0 Å². The van der Waals surface area contributed by atoms with Gasteiger partial charge in [-0.25, -0.2) is 4.98 Å². The zero-order valence-corrected chi connectivity index (χ0v) is 8.78. The predicted molar refractivity (Wildman–Crippen MR) is 59.1 cm³/mol. The minimum absolute atomic E-state index is 0.0276. The number of rotatable bonds is 0. The van der Waals surface area contributed by atoms with Gasteiger partial charge in [-0.15, -0.1) is 0 Å². The van der Waals surface area contributed by atoms with Crippen molar-refractivity contribution < 1.29 is 0 Å². The van der Waals surface area contributed by atoms with E-state index in [2.05, 4.69) is 30.3 Å². The second kappa shape index (κ2) is 2.74. The predicted octanol–water partition coefficient (Wildman–Crippen LogP) is 2.37. The van der Waals surface area contributed by atoms with Crippen LogP contribution >= 0.6 is 0 Å². The third kappa shape index (κ3) is 1.25. The summed E-state index contributed by atoms with van der Waals surface area (Å²) in [6, 6.07) is 5.92. The molecular formula is C11H15N3. The molecule has 14 heavy (non-hydrogen) atoms. The molecule has 0 aromatic carbocycles. The normalized spacial score (nSPS) is 12.2. The van der Waals surface area contributed by atoms with Crippen LogP contribution < -0.4 is 5.73 Å². The Hall–Kier alpha value is -1.51. The molecule has 0 bridgehead atoms. The van der Waals surface area contributed by atoms with Gasteiger partial charge in [0.1, 0.15) is 11.5 Å². The Kier molecular flexibility index (Phi) is 1.77. The van der Waals surface area contributed by atoms with Crippen molar-refractivity contribution in [2.24, 2.45) is 0 Å². The first-order chi connectivity index (χ1) is 6.50. The van der Waals surface area contributed by atoms with Gasteiger partial charge >= 0.3 is 0 Å². The van der Waals surface area contributed by atoms with Crippen LogP contribution in [-0.4, -0.2) is 9.55 Å². The lowest BCUT2D eigenvalue weighted by Crippen LogP contribution is -2.23. The molecule has 0 spiro atoms. The van der Waals surface area contributed by atoms with Crippen LogP contribution in [0.15, 0.2) is 24.4 Å². The Morgan fingerprint density at radius 3 is 2.71 bits per heavy atom. The molecule has 3 nitrogen and oxygen atoms in total. The molecule has 0 radical (unpaired) electrons. The summed E-state index contributed by atoms with van der Waals surface area (Å²) in [7, 11) is 0. The third-order valence-electron chi connectivity index (χ3n) is 2.26. The minimum atomic E-state index is -0.0276. The highest BCUT2D eigenvalue weighted by Crippen LogP contribution is 2.27. The van der Waals surface area contributed by atoms with Crippen molar-refractivity contribution in [2.75, 3.05) is 5.73 Å². The van der Waals surface area contributed by atoms with Gasteiger partial charge in [-0.05, 0) is 39.0 Å². The standard InChI is InChI=1S/C11H15N3/c1-11(2,3)14-9(12)7-8-5-4-6-13-10(8)14/h4-7H,12H2,1-3H3. The molecule has 0 aliphatic carbocycles. The summed E-state index contributed by atoms with van der Waals surface area (Å²) in [5, 5.41) is 1.10. The monoisotopic (exact) mass is 189 g/mol. The largest absolute Gasteiger partial charge is 0.385 e. The van der Waals surface area contributed by atoms with E-state index < -0.39 is 0 Å². The number of nitrogens with zero attached hydrogens (tertiary/aromatic N) is 2. The first kappa shape index (κ1) is 9.06. The molecule has 2 rings (SSSR count). The number of hydrogen-bond donors (Lipinski definition) is 1. The Bertz CT molecular complexity index is 463. The molecule has 0 aliphatic rings. The van der Waals surface area contributed by atoms with Crippen molar-refractivity contribution in [3.05, 3.63) is 24.4 Å². The van der Waals surface area contributed by atoms with Crippen LogP contribution in [0.4, 0.5) is 5.82 Å². The number of nitrogens with two attached hydrogens (primary N) is 1. The lowest BCUT2D eigenvalue weighted by Gasteiger charge is -2.23. The summed E-state index contributed by atoms with van der Waals surface area (Å²) in [4.78, 5) is 4.35. The summed E-state index contributed by atoms with van der Waals surface area (Å²) < 4.78 is 2.06. The lowest BCUT2D eigenvalue weighted by molar-refractivity contribution is 0.414. The SMILES string of the molecule is CC(C)(C)n1c(N)cc2cccnc21. The van der Waals surface area contributed by atoms with Crippen LogP contribution in [0.1, 0.15) is 20.8 Å². The molecule has 2 heterocycles. The molecule has 2 N–H and O–H groups in total. The van der Waals surface area contributed by atoms with Gasteiger partial charge in [0.15, 0.2) is 0 Å². The van der Waals surface area contributed by atoms with Gasteiger partial charge in [-0.2, -0.15) is 0 Å². The zero-order chi connectivity index (χ0) is 10.3. The number of aromatic nitrogens is 2. The van der Waals surface area contributed by atoms with Crippen LogP contribution in [0.2, 0.25) is 0 Å². The van der Waals surface area contributed by atoms with Crippen LogP contribution in [0.25, 0.3) is 11.0 Å². The smallest absolute Gasteiger partial charge is 0.141 e. The molecule has 2 aromatic heterocycles. The second-order valence-corrected chi connectivity index (χ2v) is 4.49. The average Bonchev–Trinajstić information content (AvgIpc) is 2.38. The van der Waals surface area contributed by atoms with Gasteiger partial charge in [-0.3, -0.25) is 0 Å². The van der Waals surface area contributed by atoms with E-state index >= 15 is 0 Å². The molecule has 3 heteroatoms. The maximum absolute atomic E-state index is 5.96. The van der Waals surface area contributed by atoms with E-state index in [-0.39, 0.29) is 5.54 Å². The Morgan fingerprint density at radius 2 is 2.07 bits per heavy atom. The van der Waals surface area contributed by atoms with E-state index in [1.807, 2.05) is 18.2 Å². The molecule has 0 amide bonds. The molecular weight excluding hydrogens is 174 g/mol. The van der Waals surface area contributed by atoms with E-state index in [1.165, 1.54) is 0 Å².